The highest BCUT2D eigenvalue weighted by Crippen LogP contribution is 2.53. The maximum atomic E-state index is 15.0. The molecule has 3 N–H and O–H groups in total. The van der Waals surface area contributed by atoms with Crippen molar-refractivity contribution in [2.75, 3.05) is 13.1 Å². The van der Waals surface area contributed by atoms with Gasteiger partial charge in [0.05, 0.1) is 12.6 Å². The number of alkyl halides is 5. The lowest BCUT2D eigenvalue weighted by atomic mass is 9.78. The Kier molecular flexibility index (Phi) is 7.28. The number of nitrogens with one attached hydrogen (secondary N) is 1. The molecule has 0 aromatic heterocycles. The van der Waals surface area contributed by atoms with Gasteiger partial charge in [0, 0.05) is 11.1 Å². The standard InChI is InChI=1S/C26H25F6N3O5/c1-13-16(7-4-8-18(13)36)21(38)33-17(10-14-5-3-6-15(27)9-14)19(37)22(39)34-11-25(28,29)24(2)20(34)23(40)35(24)12-26(30,31)32/h3-9,17,19-20,36-37H,10-12H2,1-2H3,(H,33,38)/t17-,19-,20+,24?/m0/s1. The fourth-order valence-electron chi connectivity index (χ4n) is 5.24. The second kappa shape index (κ2) is 9.98. The first-order valence-corrected chi connectivity index (χ1v) is 12.1. The van der Waals surface area contributed by atoms with Crippen molar-refractivity contribution >= 4 is 17.7 Å². The van der Waals surface area contributed by atoms with Crippen molar-refractivity contribution in [2.24, 2.45) is 0 Å². The number of amides is 3. The second-order valence-electron chi connectivity index (χ2n) is 10.1. The second-order valence-corrected chi connectivity index (χ2v) is 10.1. The summed E-state index contributed by atoms with van der Waals surface area (Å²) in [6.45, 7) is -1.23. The summed E-state index contributed by atoms with van der Waals surface area (Å²) in [5, 5.41) is 23.3. The van der Waals surface area contributed by atoms with Gasteiger partial charge in [0.25, 0.3) is 17.7 Å². The Balaban J connectivity index is 1.63. The van der Waals surface area contributed by atoms with Crippen LogP contribution in [0.2, 0.25) is 0 Å². The molecule has 2 aromatic carbocycles. The Morgan fingerprint density at radius 3 is 2.45 bits per heavy atom. The van der Waals surface area contributed by atoms with Gasteiger partial charge in [0.2, 0.25) is 5.91 Å². The maximum absolute atomic E-state index is 15.0. The normalized spacial score (nSPS) is 23.3. The summed E-state index contributed by atoms with van der Waals surface area (Å²) in [7, 11) is 0. The molecular formula is C26H25F6N3O5. The number of likely N-dealkylation sites (tertiary alicyclic amines) is 2. The molecule has 0 spiro atoms. The number of aromatic hydroxyl groups is 1. The Morgan fingerprint density at radius 2 is 1.82 bits per heavy atom. The van der Waals surface area contributed by atoms with Crippen molar-refractivity contribution in [1.82, 2.24) is 15.1 Å². The van der Waals surface area contributed by atoms with Gasteiger partial charge in [-0.2, -0.15) is 13.2 Å². The van der Waals surface area contributed by atoms with Crippen molar-refractivity contribution in [3.63, 3.8) is 0 Å². The van der Waals surface area contributed by atoms with E-state index in [0.717, 1.165) is 19.1 Å². The molecule has 0 aliphatic carbocycles. The van der Waals surface area contributed by atoms with Gasteiger partial charge in [-0.3, -0.25) is 14.4 Å². The molecule has 3 amide bonds. The fourth-order valence-corrected chi connectivity index (χ4v) is 5.24. The molecule has 2 saturated heterocycles. The molecule has 14 heteroatoms. The molecule has 216 valence electrons. The number of benzene rings is 2. The lowest BCUT2D eigenvalue weighted by Gasteiger charge is -2.54. The highest BCUT2D eigenvalue weighted by molar-refractivity contribution is 5.99. The summed E-state index contributed by atoms with van der Waals surface area (Å²) < 4.78 is 82.8. The van der Waals surface area contributed by atoms with Crippen LogP contribution in [-0.4, -0.2) is 86.6 Å². The van der Waals surface area contributed by atoms with Crippen LogP contribution in [0.15, 0.2) is 42.5 Å². The Labute approximate surface area is 224 Å². The van der Waals surface area contributed by atoms with Crippen molar-refractivity contribution in [2.45, 2.75) is 56.1 Å². The molecule has 8 nitrogen and oxygen atoms in total. The molecule has 2 aromatic rings. The Morgan fingerprint density at radius 1 is 1.18 bits per heavy atom. The van der Waals surface area contributed by atoms with E-state index in [9.17, 15) is 42.2 Å². The summed E-state index contributed by atoms with van der Waals surface area (Å²) in [5.41, 5.74) is -2.35. The lowest BCUT2D eigenvalue weighted by molar-refractivity contribution is -0.220. The van der Waals surface area contributed by atoms with Gasteiger partial charge < -0.3 is 25.3 Å². The monoisotopic (exact) mass is 573 g/mol. The number of hydrogen-bond donors (Lipinski definition) is 3. The van der Waals surface area contributed by atoms with Gasteiger partial charge in [-0.05, 0) is 50.1 Å². The van der Waals surface area contributed by atoms with Gasteiger partial charge >= 0.3 is 6.18 Å². The highest BCUT2D eigenvalue weighted by Gasteiger charge is 2.78. The van der Waals surface area contributed by atoms with Gasteiger partial charge in [0.15, 0.2) is 6.10 Å². The number of carbonyl (C=O) groups is 3. The smallest absolute Gasteiger partial charge is 0.406 e. The third kappa shape index (κ3) is 4.95. The van der Waals surface area contributed by atoms with Crippen molar-refractivity contribution < 1.29 is 50.9 Å². The van der Waals surface area contributed by atoms with E-state index in [-0.39, 0.29) is 33.8 Å². The van der Waals surface area contributed by atoms with Crippen LogP contribution in [-0.2, 0) is 16.0 Å². The van der Waals surface area contributed by atoms with E-state index in [1.54, 1.807) is 0 Å². The number of fused-ring (bicyclic) bond motifs is 1. The van der Waals surface area contributed by atoms with E-state index in [1.807, 2.05) is 0 Å². The van der Waals surface area contributed by atoms with E-state index < -0.39 is 72.5 Å². The first kappa shape index (κ1) is 29.2. The number of aliphatic hydroxyl groups excluding tert-OH is 1. The average molecular weight is 573 g/mol. The zero-order valence-electron chi connectivity index (χ0n) is 21.2. The first-order valence-electron chi connectivity index (χ1n) is 12.1. The van der Waals surface area contributed by atoms with Gasteiger partial charge in [-0.1, -0.05) is 18.2 Å². The topological polar surface area (TPSA) is 110 Å². The number of nitrogens with zero attached hydrogens (tertiary/aromatic N) is 2. The van der Waals surface area contributed by atoms with E-state index in [4.69, 9.17) is 0 Å². The minimum Gasteiger partial charge on any atom is -0.508 e. The van der Waals surface area contributed by atoms with Crippen molar-refractivity contribution in [3.05, 3.63) is 65.0 Å². The molecule has 2 aliphatic heterocycles. The number of hydrogen-bond acceptors (Lipinski definition) is 5. The van der Waals surface area contributed by atoms with Crippen LogP contribution in [0.5, 0.6) is 5.75 Å². The largest absolute Gasteiger partial charge is 0.508 e. The minimum atomic E-state index is -4.97. The summed E-state index contributed by atoms with van der Waals surface area (Å²) in [6, 6.07) is 5.41. The number of rotatable bonds is 7. The summed E-state index contributed by atoms with van der Waals surface area (Å²) in [6.07, 6.45) is -7.59. The summed E-state index contributed by atoms with van der Waals surface area (Å²) >= 11 is 0. The Bertz CT molecular complexity index is 1350. The first-order chi connectivity index (χ1) is 18.5. The van der Waals surface area contributed by atoms with Crippen LogP contribution in [0.3, 0.4) is 0 Å². The average Bonchev–Trinajstić information content (AvgIpc) is 3.05. The number of phenols is 1. The molecule has 0 bridgehead atoms. The van der Waals surface area contributed by atoms with Crippen LogP contribution < -0.4 is 5.32 Å². The predicted octanol–water partition coefficient (Wildman–Crippen LogP) is 2.55. The molecule has 1 unspecified atom stereocenters. The number of phenolic OH excluding ortho intramolecular Hbond substituents is 1. The highest BCUT2D eigenvalue weighted by atomic mass is 19.4. The molecular weight excluding hydrogens is 548 g/mol. The molecule has 2 heterocycles. The van der Waals surface area contributed by atoms with Crippen LogP contribution in [0.25, 0.3) is 0 Å². The predicted molar refractivity (Wildman–Crippen MR) is 127 cm³/mol. The SMILES string of the molecule is Cc1c(O)cccc1C(=O)N[C@@H](Cc1cccc(F)c1)[C@H](O)C(=O)N1CC(F)(F)C2(C)[C@H]1C(=O)N2CC(F)(F)F. The summed E-state index contributed by atoms with van der Waals surface area (Å²) in [5.74, 6) is -8.51. The molecule has 40 heavy (non-hydrogen) atoms. The van der Waals surface area contributed by atoms with Crippen molar-refractivity contribution in [3.8, 4) is 5.75 Å². The third-order valence-electron chi connectivity index (χ3n) is 7.48. The van der Waals surface area contributed by atoms with E-state index in [0.29, 0.717) is 4.90 Å². The third-order valence-corrected chi connectivity index (χ3v) is 7.48. The quantitative estimate of drug-likeness (QED) is 0.349. The van der Waals surface area contributed by atoms with Crippen LogP contribution in [0, 0.1) is 12.7 Å². The zero-order chi connectivity index (χ0) is 29.8. The molecule has 2 fully saturated rings. The summed E-state index contributed by atoms with van der Waals surface area (Å²) in [4.78, 5) is 39.2. The number of halogens is 6. The Hall–Kier alpha value is -3.81. The lowest BCUT2D eigenvalue weighted by Crippen LogP contribution is -2.79. The van der Waals surface area contributed by atoms with E-state index in [1.165, 1.54) is 37.3 Å². The fraction of sp³-hybridized carbons (Fsp3) is 0.423. The van der Waals surface area contributed by atoms with Gasteiger partial charge in [-0.25, -0.2) is 13.2 Å². The van der Waals surface area contributed by atoms with E-state index in [2.05, 4.69) is 5.32 Å². The molecule has 0 saturated carbocycles. The minimum absolute atomic E-state index is 0.0337. The maximum Gasteiger partial charge on any atom is 0.406 e. The van der Waals surface area contributed by atoms with Crippen LogP contribution in [0.1, 0.15) is 28.4 Å². The van der Waals surface area contributed by atoms with Crippen molar-refractivity contribution in [1.29, 1.82) is 0 Å². The van der Waals surface area contributed by atoms with E-state index >= 15 is 8.78 Å². The molecule has 0 radical (unpaired) electrons. The zero-order valence-corrected chi connectivity index (χ0v) is 21.2. The van der Waals surface area contributed by atoms with Gasteiger partial charge in [-0.15, -0.1) is 0 Å². The number of aliphatic hydroxyl groups is 1. The van der Waals surface area contributed by atoms with Crippen LogP contribution >= 0.6 is 0 Å². The molecule has 4 atom stereocenters. The molecule has 2 aliphatic rings. The number of β-lactam (4-membered cyclic amide) rings is 1. The molecule has 4 rings (SSSR count). The van der Waals surface area contributed by atoms with Crippen LogP contribution in [0.4, 0.5) is 26.3 Å². The van der Waals surface area contributed by atoms with Gasteiger partial charge in [0.1, 0.15) is 29.7 Å². The number of carbonyl (C=O) groups excluding carboxylic acids is 3.